The van der Waals surface area contributed by atoms with Crippen molar-refractivity contribution in [3.05, 3.63) is 52.3 Å². The van der Waals surface area contributed by atoms with Gasteiger partial charge in [0, 0.05) is 22.6 Å². The van der Waals surface area contributed by atoms with Crippen LogP contribution in [0.2, 0.25) is 0 Å². The van der Waals surface area contributed by atoms with Crippen LogP contribution in [-0.2, 0) is 10.0 Å². The van der Waals surface area contributed by atoms with E-state index in [1.807, 2.05) is 0 Å². The van der Waals surface area contributed by atoms with Crippen LogP contribution in [0, 0.1) is 6.92 Å². The first-order chi connectivity index (χ1) is 9.79. The van der Waals surface area contributed by atoms with Crippen molar-refractivity contribution in [2.24, 2.45) is 5.14 Å². The maximum Gasteiger partial charge on any atom is 0.257 e. The molecule has 0 radical (unpaired) electrons. The molecule has 110 valence electrons. The second-order valence-corrected chi connectivity index (χ2v) is 6.77. The van der Waals surface area contributed by atoms with Crippen molar-refractivity contribution >= 4 is 37.5 Å². The number of sulfonamides is 1. The second kappa shape index (κ2) is 5.92. The first-order valence-corrected chi connectivity index (χ1v) is 8.17. The van der Waals surface area contributed by atoms with Crippen molar-refractivity contribution in [2.75, 3.05) is 5.32 Å². The fourth-order valence-corrected chi connectivity index (χ4v) is 2.96. The van der Waals surface area contributed by atoms with E-state index in [-0.39, 0.29) is 4.90 Å². The van der Waals surface area contributed by atoms with E-state index in [1.54, 1.807) is 25.3 Å². The summed E-state index contributed by atoms with van der Waals surface area (Å²) >= 11 is 3.23. The zero-order chi connectivity index (χ0) is 15.6. The summed E-state index contributed by atoms with van der Waals surface area (Å²) in [6.45, 7) is 1.58. The number of carbonyl (C=O) groups is 1. The second-order valence-electron chi connectivity index (χ2n) is 4.32. The van der Waals surface area contributed by atoms with Gasteiger partial charge in [0.05, 0.1) is 10.5 Å². The first kappa shape index (κ1) is 15.6. The van der Waals surface area contributed by atoms with E-state index in [2.05, 4.69) is 26.2 Å². The van der Waals surface area contributed by atoms with Crippen LogP contribution in [-0.4, -0.2) is 19.3 Å². The van der Waals surface area contributed by atoms with Crippen LogP contribution in [0.25, 0.3) is 0 Å². The molecule has 0 saturated heterocycles. The van der Waals surface area contributed by atoms with Crippen molar-refractivity contribution < 1.29 is 13.2 Å². The van der Waals surface area contributed by atoms with Crippen molar-refractivity contribution in [1.82, 2.24) is 4.98 Å². The zero-order valence-electron chi connectivity index (χ0n) is 11.0. The molecule has 0 bridgehead atoms. The molecule has 2 aromatic rings. The average Bonchev–Trinajstić information content (AvgIpc) is 2.39. The van der Waals surface area contributed by atoms with Gasteiger partial charge in [-0.05, 0) is 46.6 Å². The van der Waals surface area contributed by atoms with Gasteiger partial charge in [-0.15, -0.1) is 0 Å². The molecular formula is C13H12BrN3O3S. The minimum absolute atomic E-state index is 0.0207. The SMILES string of the molecule is Cc1c(NC(=O)c2cncc(Br)c2)cccc1S(N)(=O)=O. The van der Waals surface area contributed by atoms with E-state index >= 15 is 0 Å². The van der Waals surface area contributed by atoms with Crippen LogP contribution in [0.3, 0.4) is 0 Å². The Kier molecular flexibility index (Phi) is 4.40. The van der Waals surface area contributed by atoms with E-state index in [0.717, 1.165) is 0 Å². The lowest BCUT2D eigenvalue weighted by Gasteiger charge is -2.11. The molecule has 0 spiro atoms. The zero-order valence-corrected chi connectivity index (χ0v) is 13.4. The lowest BCUT2D eigenvalue weighted by Crippen LogP contribution is -2.17. The molecule has 0 unspecified atom stereocenters. The molecule has 0 aliphatic heterocycles. The highest BCUT2D eigenvalue weighted by atomic mass is 79.9. The van der Waals surface area contributed by atoms with Gasteiger partial charge in [-0.25, -0.2) is 13.6 Å². The van der Waals surface area contributed by atoms with E-state index in [9.17, 15) is 13.2 Å². The van der Waals surface area contributed by atoms with Crippen molar-refractivity contribution in [1.29, 1.82) is 0 Å². The lowest BCUT2D eigenvalue weighted by molar-refractivity contribution is 0.102. The van der Waals surface area contributed by atoms with Gasteiger partial charge in [0.2, 0.25) is 10.0 Å². The highest BCUT2D eigenvalue weighted by Crippen LogP contribution is 2.22. The summed E-state index contributed by atoms with van der Waals surface area (Å²) in [7, 11) is -3.83. The molecule has 0 aliphatic rings. The first-order valence-electron chi connectivity index (χ1n) is 5.83. The average molecular weight is 370 g/mol. The van der Waals surface area contributed by atoms with Crippen LogP contribution in [0.4, 0.5) is 5.69 Å². The Balaban J connectivity index is 2.35. The minimum atomic E-state index is -3.83. The van der Waals surface area contributed by atoms with Gasteiger partial charge in [0.15, 0.2) is 0 Å². The predicted molar refractivity (Wildman–Crippen MR) is 82.4 cm³/mol. The number of aromatic nitrogens is 1. The van der Waals surface area contributed by atoms with Crippen LogP contribution in [0.15, 0.2) is 46.0 Å². The van der Waals surface area contributed by atoms with Crippen molar-refractivity contribution in [3.63, 3.8) is 0 Å². The number of nitrogens with two attached hydrogens (primary N) is 1. The van der Waals surface area contributed by atoms with Crippen molar-refractivity contribution in [2.45, 2.75) is 11.8 Å². The molecule has 1 aromatic carbocycles. The molecule has 1 aromatic heterocycles. The number of hydrogen-bond donors (Lipinski definition) is 2. The summed E-state index contributed by atoms with van der Waals surface area (Å²) < 4.78 is 23.6. The number of carbonyl (C=O) groups excluding carboxylic acids is 1. The fourth-order valence-electron chi connectivity index (χ4n) is 1.79. The van der Waals surface area contributed by atoms with Gasteiger partial charge >= 0.3 is 0 Å². The summed E-state index contributed by atoms with van der Waals surface area (Å²) in [6.07, 6.45) is 2.97. The Labute approximate surface area is 130 Å². The van der Waals surface area contributed by atoms with E-state index < -0.39 is 15.9 Å². The van der Waals surface area contributed by atoms with Crippen LogP contribution >= 0.6 is 15.9 Å². The van der Waals surface area contributed by atoms with Gasteiger partial charge in [0.1, 0.15) is 0 Å². The monoisotopic (exact) mass is 369 g/mol. The number of amides is 1. The Bertz CT molecular complexity index is 806. The van der Waals surface area contributed by atoms with Gasteiger partial charge in [-0.1, -0.05) is 6.07 Å². The van der Waals surface area contributed by atoms with Crippen LogP contribution < -0.4 is 10.5 Å². The van der Waals surface area contributed by atoms with Gasteiger partial charge in [0.25, 0.3) is 5.91 Å². The molecule has 1 amide bonds. The number of halogens is 1. The minimum Gasteiger partial charge on any atom is -0.322 e. The van der Waals surface area contributed by atoms with Gasteiger partial charge in [-0.2, -0.15) is 0 Å². The van der Waals surface area contributed by atoms with Gasteiger partial charge in [-0.3, -0.25) is 9.78 Å². The maximum atomic E-state index is 12.1. The Morgan fingerprint density at radius 3 is 2.67 bits per heavy atom. The van der Waals surface area contributed by atoms with Crippen LogP contribution in [0.1, 0.15) is 15.9 Å². The number of hydrogen-bond acceptors (Lipinski definition) is 4. The van der Waals surface area contributed by atoms with Crippen molar-refractivity contribution in [3.8, 4) is 0 Å². The molecule has 8 heteroatoms. The number of nitrogens with zero attached hydrogens (tertiary/aromatic N) is 1. The number of rotatable bonds is 3. The third-order valence-corrected chi connectivity index (χ3v) is 4.29. The van der Waals surface area contributed by atoms with Crippen LogP contribution in [0.5, 0.6) is 0 Å². The largest absolute Gasteiger partial charge is 0.322 e. The highest BCUT2D eigenvalue weighted by Gasteiger charge is 2.15. The Morgan fingerprint density at radius 1 is 1.33 bits per heavy atom. The molecule has 0 aliphatic carbocycles. The summed E-state index contributed by atoms with van der Waals surface area (Å²) in [6, 6.07) is 6.12. The normalized spacial score (nSPS) is 11.2. The Hall–Kier alpha value is -1.77. The number of nitrogens with one attached hydrogen (secondary N) is 1. The lowest BCUT2D eigenvalue weighted by atomic mass is 10.2. The van der Waals surface area contributed by atoms with E-state index in [1.165, 1.54) is 18.3 Å². The topological polar surface area (TPSA) is 102 Å². The third kappa shape index (κ3) is 3.66. The number of primary sulfonamides is 1. The fraction of sp³-hybridized carbons (Fsp3) is 0.0769. The van der Waals surface area contributed by atoms with Gasteiger partial charge < -0.3 is 5.32 Å². The smallest absolute Gasteiger partial charge is 0.257 e. The quantitative estimate of drug-likeness (QED) is 0.863. The predicted octanol–water partition coefficient (Wildman–Crippen LogP) is 2.05. The molecular weight excluding hydrogens is 358 g/mol. The van der Waals surface area contributed by atoms with E-state index in [4.69, 9.17) is 5.14 Å². The number of anilines is 1. The molecule has 21 heavy (non-hydrogen) atoms. The highest BCUT2D eigenvalue weighted by molar-refractivity contribution is 9.10. The molecule has 0 saturated carbocycles. The molecule has 6 nitrogen and oxygen atoms in total. The number of pyridine rings is 1. The number of benzene rings is 1. The molecule has 0 atom stereocenters. The molecule has 3 N–H and O–H groups in total. The molecule has 0 fully saturated rings. The summed E-state index contributed by atoms with van der Waals surface area (Å²) in [5.74, 6) is -0.390. The molecule has 1 heterocycles. The molecule has 2 rings (SSSR count). The summed E-state index contributed by atoms with van der Waals surface area (Å²) in [5, 5.41) is 7.78. The standard InChI is InChI=1S/C13H12BrN3O3S/c1-8-11(3-2-4-12(8)21(15,19)20)17-13(18)9-5-10(14)7-16-6-9/h2-7H,1H3,(H,17,18)(H2,15,19,20). The van der Waals surface area contributed by atoms with E-state index in [0.29, 0.717) is 21.3 Å². The Morgan fingerprint density at radius 2 is 2.05 bits per heavy atom. The summed E-state index contributed by atoms with van der Waals surface area (Å²) in [4.78, 5) is 16.0. The third-order valence-electron chi connectivity index (χ3n) is 2.81. The summed E-state index contributed by atoms with van der Waals surface area (Å²) in [5.41, 5.74) is 1.12. The maximum absolute atomic E-state index is 12.1.